The molecule has 1 aliphatic heterocycles. The Hall–Kier alpha value is -2.60. The van der Waals surface area contributed by atoms with Crippen molar-refractivity contribution in [3.05, 3.63) is 63.8 Å². The van der Waals surface area contributed by atoms with Crippen LogP contribution in [0.3, 0.4) is 0 Å². The van der Waals surface area contributed by atoms with E-state index in [9.17, 15) is 4.79 Å². The maximum absolute atomic E-state index is 12.1. The Labute approximate surface area is 147 Å². The molecule has 1 heterocycles. The fraction of sp³-hybridized carbons (Fsp3) is 0.111. The average Bonchev–Trinajstić information content (AvgIpc) is 2.95. The van der Waals surface area contributed by atoms with E-state index >= 15 is 0 Å². The minimum Gasteiger partial charge on any atom is -0.497 e. The summed E-state index contributed by atoms with van der Waals surface area (Å²) in [7, 11) is 3.18. The molecule has 0 bridgehead atoms. The Morgan fingerprint density at radius 2 is 1.83 bits per heavy atom. The molecule has 0 N–H and O–H groups in total. The van der Waals surface area contributed by atoms with Crippen molar-refractivity contribution in [2.45, 2.75) is 0 Å². The Morgan fingerprint density at radius 1 is 1.08 bits per heavy atom. The molecule has 6 heteroatoms. The van der Waals surface area contributed by atoms with Gasteiger partial charge in [0.1, 0.15) is 11.5 Å². The van der Waals surface area contributed by atoms with E-state index in [4.69, 9.17) is 14.2 Å². The van der Waals surface area contributed by atoms with E-state index in [2.05, 4.69) is 20.9 Å². The molecule has 24 heavy (non-hydrogen) atoms. The van der Waals surface area contributed by atoms with Crippen LogP contribution in [0.25, 0.3) is 6.08 Å². The second kappa shape index (κ2) is 6.88. The van der Waals surface area contributed by atoms with Crippen molar-refractivity contribution in [1.82, 2.24) is 0 Å². The Balaban J connectivity index is 1.94. The van der Waals surface area contributed by atoms with E-state index in [1.54, 1.807) is 38.5 Å². The van der Waals surface area contributed by atoms with E-state index in [0.29, 0.717) is 17.1 Å². The highest BCUT2D eigenvalue weighted by Gasteiger charge is 2.25. The van der Waals surface area contributed by atoms with Crippen molar-refractivity contribution in [3.63, 3.8) is 0 Å². The highest BCUT2D eigenvalue weighted by molar-refractivity contribution is 9.10. The molecule has 5 nitrogen and oxygen atoms in total. The first-order valence-electron chi connectivity index (χ1n) is 7.11. The van der Waals surface area contributed by atoms with Gasteiger partial charge in [-0.2, -0.15) is 0 Å². The largest absolute Gasteiger partial charge is 0.497 e. The zero-order chi connectivity index (χ0) is 17.1. The third kappa shape index (κ3) is 3.33. The summed E-state index contributed by atoms with van der Waals surface area (Å²) >= 11 is 3.44. The van der Waals surface area contributed by atoms with Gasteiger partial charge in [-0.05, 0) is 57.9 Å². The van der Waals surface area contributed by atoms with Gasteiger partial charge in [0.2, 0.25) is 5.90 Å². The highest BCUT2D eigenvalue weighted by Crippen LogP contribution is 2.27. The number of rotatable bonds is 4. The maximum atomic E-state index is 12.1. The molecule has 122 valence electrons. The van der Waals surface area contributed by atoms with Crippen LogP contribution in [0.4, 0.5) is 0 Å². The molecule has 0 unspecified atom stereocenters. The minimum atomic E-state index is -0.490. The number of esters is 1. The Bertz CT molecular complexity index is 858. The van der Waals surface area contributed by atoms with Crippen molar-refractivity contribution in [2.24, 2.45) is 4.99 Å². The summed E-state index contributed by atoms with van der Waals surface area (Å²) in [5.74, 6) is 1.17. The number of halogens is 1. The zero-order valence-electron chi connectivity index (χ0n) is 13.1. The van der Waals surface area contributed by atoms with Crippen LogP contribution in [0.5, 0.6) is 11.5 Å². The number of carbonyl (C=O) groups is 1. The first kappa shape index (κ1) is 16.3. The quantitative estimate of drug-likeness (QED) is 0.591. The van der Waals surface area contributed by atoms with Gasteiger partial charge >= 0.3 is 5.97 Å². The van der Waals surface area contributed by atoms with Crippen LogP contribution in [-0.2, 0) is 9.53 Å². The van der Waals surface area contributed by atoms with E-state index in [1.807, 2.05) is 24.3 Å². The van der Waals surface area contributed by atoms with Gasteiger partial charge in [0.05, 0.1) is 19.8 Å². The van der Waals surface area contributed by atoms with E-state index in [0.717, 1.165) is 10.0 Å². The van der Waals surface area contributed by atoms with Crippen molar-refractivity contribution in [2.75, 3.05) is 14.2 Å². The summed E-state index contributed by atoms with van der Waals surface area (Å²) in [6, 6.07) is 12.7. The number of nitrogens with zero attached hydrogens (tertiary/aromatic N) is 1. The summed E-state index contributed by atoms with van der Waals surface area (Å²) in [6.45, 7) is 0. The van der Waals surface area contributed by atoms with Gasteiger partial charge in [-0.15, -0.1) is 0 Å². The van der Waals surface area contributed by atoms with Gasteiger partial charge in [-0.25, -0.2) is 9.79 Å². The van der Waals surface area contributed by atoms with Gasteiger partial charge in [0.15, 0.2) is 5.70 Å². The lowest BCUT2D eigenvalue weighted by Crippen LogP contribution is -2.06. The first-order chi connectivity index (χ1) is 11.6. The van der Waals surface area contributed by atoms with Crippen molar-refractivity contribution < 1.29 is 19.0 Å². The summed E-state index contributed by atoms with van der Waals surface area (Å²) in [5.41, 5.74) is 1.72. The number of hydrogen-bond donors (Lipinski definition) is 0. The van der Waals surface area contributed by atoms with Gasteiger partial charge in [-0.1, -0.05) is 12.1 Å². The minimum absolute atomic E-state index is 0.237. The molecule has 0 aliphatic carbocycles. The molecule has 0 saturated carbocycles. The van der Waals surface area contributed by atoms with Gasteiger partial charge in [0.25, 0.3) is 0 Å². The molecule has 0 amide bonds. The first-order valence-corrected chi connectivity index (χ1v) is 7.90. The molecule has 0 aromatic heterocycles. The summed E-state index contributed by atoms with van der Waals surface area (Å²) in [4.78, 5) is 16.4. The molecule has 0 spiro atoms. The molecular weight excluding hydrogens is 374 g/mol. The SMILES string of the molecule is COc1cccc(/C=C2\N=C(c3ccc(OC)cc3Br)OC2=O)c1. The smallest absolute Gasteiger partial charge is 0.363 e. The van der Waals surface area contributed by atoms with E-state index in [-0.39, 0.29) is 11.6 Å². The molecule has 1 aliphatic rings. The van der Waals surface area contributed by atoms with Crippen molar-refractivity contribution in [1.29, 1.82) is 0 Å². The van der Waals surface area contributed by atoms with Crippen LogP contribution in [0.1, 0.15) is 11.1 Å². The highest BCUT2D eigenvalue weighted by atomic mass is 79.9. The molecule has 0 saturated heterocycles. The van der Waals surface area contributed by atoms with Gasteiger partial charge in [0, 0.05) is 4.47 Å². The fourth-order valence-electron chi connectivity index (χ4n) is 2.21. The molecule has 2 aromatic carbocycles. The summed E-state index contributed by atoms with van der Waals surface area (Å²) in [5, 5.41) is 0. The molecule has 0 fully saturated rings. The van der Waals surface area contributed by atoms with Gasteiger partial charge in [-0.3, -0.25) is 0 Å². The number of methoxy groups -OCH3 is 2. The second-order valence-corrected chi connectivity index (χ2v) is 5.81. The van der Waals surface area contributed by atoms with Crippen molar-refractivity contribution >= 4 is 33.9 Å². The molecule has 0 atom stereocenters. The number of ether oxygens (including phenoxy) is 3. The van der Waals surface area contributed by atoms with Crippen LogP contribution in [0.2, 0.25) is 0 Å². The number of cyclic esters (lactones) is 1. The second-order valence-electron chi connectivity index (χ2n) is 4.96. The van der Waals surface area contributed by atoms with Crippen LogP contribution in [0, 0.1) is 0 Å². The zero-order valence-corrected chi connectivity index (χ0v) is 14.7. The molecule has 2 aromatic rings. The molecule has 3 rings (SSSR count). The van der Waals surface area contributed by atoms with Crippen LogP contribution in [-0.4, -0.2) is 26.1 Å². The third-order valence-corrected chi connectivity index (χ3v) is 4.08. The maximum Gasteiger partial charge on any atom is 0.363 e. The van der Waals surface area contributed by atoms with Crippen LogP contribution in [0.15, 0.2) is 57.6 Å². The average molecular weight is 388 g/mol. The molecular formula is C18H14BrNO4. The standard InChI is InChI=1S/C18H14BrNO4/c1-22-12-5-3-4-11(8-12)9-16-18(21)24-17(20-16)14-7-6-13(23-2)10-15(14)19/h3-10H,1-2H3/b16-9-. The number of benzene rings is 2. The van der Waals surface area contributed by atoms with Gasteiger partial charge < -0.3 is 14.2 Å². The van der Waals surface area contributed by atoms with Crippen LogP contribution >= 0.6 is 15.9 Å². The fourth-order valence-corrected chi connectivity index (χ4v) is 2.74. The summed E-state index contributed by atoms with van der Waals surface area (Å²) in [6.07, 6.45) is 1.66. The summed E-state index contributed by atoms with van der Waals surface area (Å²) < 4.78 is 16.3. The number of hydrogen-bond acceptors (Lipinski definition) is 5. The number of aliphatic imine (C=N–C) groups is 1. The normalized spacial score (nSPS) is 15.2. The Kier molecular flexibility index (Phi) is 4.66. The van der Waals surface area contributed by atoms with E-state index < -0.39 is 5.97 Å². The monoisotopic (exact) mass is 387 g/mol. The van der Waals surface area contributed by atoms with Crippen molar-refractivity contribution in [3.8, 4) is 11.5 Å². The lowest BCUT2D eigenvalue weighted by Gasteiger charge is -2.05. The lowest BCUT2D eigenvalue weighted by molar-refractivity contribution is -0.129. The van der Waals surface area contributed by atoms with E-state index in [1.165, 1.54) is 0 Å². The Morgan fingerprint density at radius 3 is 2.54 bits per heavy atom. The predicted molar refractivity (Wildman–Crippen MR) is 94.3 cm³/mol. The third-order valence-electron chi connectivity index (χ3n) is 3.42. The topological polar surface area (TPSA) is 57.1 Å². The lowest BCUT2D eigenvalue weighted by atomic mass is 10.2. The van der Waals surface area contributed by atoms with Crippen LogP contribution < -0.4 is 9.47 Å². The predicted octanol–water partition coefficient (Wildman–Crippen LogP) is 3.81. The number of carbonyl (C=O) groups excluding carboxylic acids is 1. The molecule has 0 radical (unpaired) electrons.